The molecule has 3 heteroatoms. The molecule has 0 fully saturated rings. The standard InChI is InChI=1S/C15H17FN2/c1-10-7-8-13(9-11(10)2)12(3)17-15-6-4-5-14(16)18-15/h4-9,12H,1-3H3,(H,17,18). The van der Waals surface area contributed by atoms with Crippen molar-refractivity contribution in [3.05, 3.63) is 59.0 Å². The average molecular weight is 244 g/mol. The van der Waals surface area contributed by atoms with Crippen LogP contribution >= 0.6 is 0 Å². The number of nitrogens with one attached hydrogen (secondary N) is 1. The monoisotopic (exact) mass is 244 g/mol. The van der Waals surface area contributed by atoms with Gasteiger partial charge < -0.3 is 5.32 Å². The first-order chi connectivity index (χ1) is 8.56. The lowest BCUT2D eigenvalue weighted by molar-refractivity contribution is 0.584. The molecule has 1 atom stereocenters. The third-order valence-electron chi connectivity index (χ3n) is 3.11. The van der Waals surface area contributed by atoms with Gasteiger partial charge in [-0.25, -0.2) is 4.98 Å². The van der Waals surface area contributed by atoms with Crippen LogP contribution in [0.4, 0.5) is 10.2 Å². The summed E-state index contributed by atoms with van der Waals surface area (Å²) in [6, 6.07) is 11.2. The van der Waals surface area contributed by atoms with Crippen LogP contribution in [0.5, 0.6) is 0 Å². The van der Waals surface area contributed by atoms with E-state index in [1.165, 1.54) is 22.8 Å². The highest BCUT2D eigenvalue weighted by Gasteiger charge is 2.07. The van der Waals surface area contributed by atoms with Crippen molar-refractivity contribution in [2.45, 2.75) is 26.8 Å². The van der Waals surface area contributed by atoms with E-state index in [1.54, 1.807) is 12.1 Å². The highest BCUT2D eigenvalue weighted by molar-refractivity contribution is 5.39. The molecule has 1 heterocycles. The van der Waals surface area contributed by atoms with E-state index in [1.807, 2.05) is 6.92 Å². The predicted octanol–water partition coefficient (Wildman–Crippen LogP) is 4.01. The van der Waals surface area contributed by atoms with Crippen LogP contribution in [0.3, 0.4) is 0 Å². The maximum atomic E-state index is 13.0. The smallest absolute Gasteiger partial charge is 0.214 e. The fourth-order valence-electron chi connectivity index (χ4n) is 1.83. The number of anilines is 1. The molecular formula is C15H17FN2. The van der Waals surface area contributed by atoms with Gasteiger partial charge >= 0.3 is 0 Å². The van der Waals surface area contributed by atoms with Gasteiger partial charge in [0.2, 0.25) is 5.95 Å². The van der Waals surface area contributed by atoms with E-state index in [0.717, 1.165) is 0 Å². The quantitative estimate of drug-likeness (QED) is 0.825. The van der Waals surface area contributed by atoms with Crippen molar-refractivity contribution in [1.29, 1.82) is 0 Å². The van der Waals surface area contributed by atoms with E-state index in [9.17, 15) is 4.39 Å². The third-order valence-corrected chi connectivity index (χ3v) is 3.11. The highest BCUT2D eigenvalue weighted by atomic mass is 19.1. The Morgan fingerprint density at radius 2 is 1.89 bits per heavy atom. The van der Waals surface area contributed by atoms with Crippen molar-refractivity contribution in [3.8, 4) is 0 Å². The maximum absolute atomic E-state index is 13.0. The Bertz CT molecular complexity index is 552. The number of pyridine rings is 1. The lowest BCUT2D eigenvalue weighted by Crippen LogP contribution is -2.08. The molecule has 0 aliphatic heterocycles. The number of rotatable bonds is 3. The molecule has 2 nitrogen and oxygen atoms in total. The summed E-state index contributed by atoms with van der Waals surface area (Å²) in [5, 5.41) is 3.19. The molecule has 0 spiro atoms. The van der Waals surface area contributed by atoms with Gasteiger partial charge in [0, 0.05) is 6.04 Å². The van der Waals surface area contributed by atoms with Gasteiger partial charge in [0.15, 0.2) is 0 Å². The molecule has 0 aliphatic carbocycles. The minimum atomic E-state index is -0.465. The van der Waals surface area contributed by atoms with Crippen LogP contribution in [0, 0.1) is 19.8 Å². The number of hydrogen-bond donors (Lipinski definition) is 1. The minimum Gasteiger partial charge on any atom is -0.363 e. The molecule has 2 rings (SSSR count). The van der Waals surface area contributed by atoms with Crippen LogP contribution < -0.4 is 5.32 Å². The van der Waals surface area contributed by atoms with Crippen molar-refractivity contribution in [2.75, 3.05) is 5.32 Å². The summed E-state index contributed by atoms with van der Waals surface area (Å²) in [5.41, 5.74) is 3.70. The van der Waals surface area contributed by atoms with Crippen LogP contribution in [0.1, 0.15) is 29.7 Å². The molecular weight excluding hydrogens is 227 g/mol. The molecule has 1 N–H and O–H groups in total. The number of aromatic nitrogens is 1. The van der Waals surface area contributed by atoms with Crippen LogP contribution in [0.15, 0.2) is 36.4 Å². The Morgan fingerprint density at radius 1 is 1.11 bits per heavy atom. The van der Waals surface area contributed by atoms with Gasteiger partial charge in [-0.3, -0.25) is 0 Å². The maximum Gasteiger partial charge on any atom is 0.214 e. The zero-order valence-electron chi connectivity index (χ0n) is 10.9. The first-order valence-electron chi connectivity index (χ1n) is 6.02. The summed E-state index contributed by atoms with van der Waals surface area (Å²) in [6.45, 7) is 6.22. The van der Waals surface area contributed by atoms with Gasteiger partial charge in [-0.15, -0.1) is 0 Å². The largest absolute Gasteiger partial charge is 0.363 e. The molecule has 0 amide bonds. The fraction of sp³-hybridized carbons (Fsp3) is 0.267. The lowest BCUT2D eigenvalue weighted by atomic mass is 10.0. The van der Waals surface area contributed by atoms with Gasteiger partial charge in [-0.1, -0.05) is 24.3 Å². The van der Waals surface area contributed by atoms with Gasteiger partial charge in [0.25, 0.3) is 0 Å². The summed E-state index contributed by atoms with van der Waals surface area (Å²) >= 11 is 0. The van der Waals surface area contributed by atoms with E-state index in [-0.39, 0.29) is 6.04 Å². The van der Waals surface area contributed by atoms with Gasteiger partial charge in [-0.2, -0.15) is 4.39 Å². The number of aryl methyl sites for hydroxylation is 2. The first-order valence-corrected chi connectivity index (χ1v) is 6.02. The topological polar surface area (TPSA) is 24.9 Å². The fourth-order valence-corrected chi connectivity index (χ4v) is 1.83. The zero-order chi connectivity index (χ0) is 13.1. The molecule has 1 unspecified atom stereocenters. The average Bonchev–Trinajstić information content (AvgIpc) is 2.32. The van der Waals surface area contributed by atoms with Gasteiger partial charge in [-0.05, 0) is 49.6 Å². The molecule has 0 bridgehead atoms. The second-order valence-electron chi connectivity index (χ2n) is 4.56. The second-order valence-corrected chi connectivity index (χ2v) is 4.56. The van der Waals surface area contributed by atoms with E-state index >= 15 is 0 Å². The summed E-state index contributed by atoms with van der Waals surface area (Å²) in [5.74, 6) is 0.0908. The van der Waals surface area contributed by atoms with Crippen molar-refractivity contribution < 1.29 is 4.39 Å². The Labute approximate surface area is 107 Å². The van der Waals surface area contributed by atoms with Gasteiger partial charge in [0.05, 0.1) is 0 Å². The Hall–Kier alpha value is -1.90. The summed E-state index contributed by atoms with van der Waals surface area (Å²) in [4.78, 5) is 3.80. The van der Waals surface area contributed by atoms with Gasteiger partial charge in [0.1, 0.15) is 5.82 Å². The van der Waals surface area contributed by atoms with Crippen molar-refractivity contribution in [3.63, 3.8) is 0 Å². The molecule has 1 aromatic heterocycles. The predicted molar refractivity (Wildman–Crippen MR) is 72.1 cm³/mol. The zero-order valence-corrected chi connectivity index (χ0v) is 10.9. The SMILES string of the molecule is Cc1ccc(C(C)Nc2cccc(F)n2)cc1C. The molecule has 18 heavy (non-hydrogen) atoms. The first kappa shape index (κ1) is 12.6. The molecule has 94 valence electrons. The number of hydrogen-bond acceptors (Lipinski definition) is 2. The minimum absolute atomic E-state index is 0.0959. The van der Waals surface area contributed by atoms with Crippen LogP contribution in [0.25, 0.3) is 0 Å². The van der Waals surface area contributed by atoms with Crippen molar-refractivity contribution >= 4 is 5.82 Å². The van der Waals surface area contributed by atoms with Crippen LogP contribution in [0.2, 0.25) is 0 Å². The second kappa shape index (κ2) is 5.17. The van der Waals surface area contributed by atoms with Crippen molar-refractivity contribution in [1.82, 2.24) is 4.98 Å². The lowest BCUT2D eigenvalue weighted by Gasteiger charge is -2.16. The molecule has 2 aromatic rings. The highest BCUT2D eigenvalue weighted by Crippen LogP contribution is 2.20. The van der Waals surface area contributed by atoms with E-state index in [0.29, 0.717) is 5.82 Å². The molecule has 0 radical (unpaired) electrons. The summed E-state index contributed by atoms with van der Waals surface area (Å²) in [7, 11) is 0. The van der Waals surface area contributed by atoms with Crippen LogP contribution in [-0.4, -0.2) is 4.98 Å². The Morgan fingerprint density at radius 3 is 2.56 bits per heavy atom. The summed E-state index contributed by atoms with van der Waals surface area (Å²) in [6.07, 6.45) is 0. The Balaban J connectivity index is 2.16. The number of nitrogens with zero attached hydrogens (tertiary/aromatic N) is 1. The molecule has 0 saturated carbocycles. The van der Waals surface area contributed by atoms with E-state index < -0.39 is 5.95 Å². The molecule has 0 saturated heterocycles. The number of benzene rings is 1. The molecule has 1 aromatic carbocycles. The molecule has 0 aliphatic rings. The van der Waals surface area contributed by atoms with E-state index in [4.69, 9.17) is 0 Å². The summed E-state index contributed by atoms with van der Waals surface area (Å²) < 4.78 is 13.0. The van der Waals surface area contributed by atoms with E-state index in [2.05, 4.69) is 42.3 Å². The van der Waals surface area contributed by atoms with Crippen LogP contribution in [-0.2, 0) is 0 Å². The number of halogens is 1. The Kier molecular flexibility index (Phi) is 3.60. The van der Waals surface area contributed by atoms with Crippen molar-refractivity contribution in [2.24, 2.45) is 0 Å². The third kappa shape index (κ3) is 2.86. The normalized spacial score (nSPS) is 12.2.